The van der Waals surface area contributed by atoms with Gasteiger partial charge in [0.1, 0.15) is 5.75 Å². The predicted octanol–water partition coefficient (Wildman–Crippen LogP) is 4.43. The Morgan fingerprint density at radius 1 is 1.11 bits per heavy atom. The lowest BCUT2D eigenvalue weighted by atomic mass is 10.0. The van der Waals surface area contributed by atoms with Gasteiger partial charge in [0.15, 0.2) is 0 Å². The molecule has 0 unspecified atom stereocenters. The number of aryl methyl sites for hydroxylation is 2. The third-order valence-corrected chi connectivity index (χ3v) is 5.09. The molecule has 0 aliphatic carbocycles. The number of nitrogens with one attached hydrogen (secondary N) is 1. The molecular weight excluding hydrogens is 376 g/mol. The van der Waals surface area contributed by atoms with Crippen molar-refractivity contribution in [2.24, 2.45) is 0 Å². The number of rotatable bonds is 2. The molecule has 1 N–H and O–H groups in total. The van der Waals surface area contributed by atoms with Gasteiger partial charge >= 0.3 is 0 Å². The van der Waals surface area contributed by atoms with E-state index in [-0.39, 0.29) is 5.91 Å². The molecule has 0 radical (unpaired) electrons. The van der Waals surface area contributed by atoms with Crippen molar-refractivity contribution in [2.45, 2.75) is 39.2 Å². The second kappa shape index (κ2) is 9.11. The monoisotopic (exact) mass is 400 g/mol. The van der Waals surface area contributed by atoms with Gasteiger partial charge in [0.05, 0.1) is 14.2 Å². The number of pyridine rings is 1. The molecule has 1 aromatic heterocycles. The van der Waals surface area contributed by atoms with E-state index in [9.17, 15) is 4.79 Å². The number of halogens is 1. The summed E-state index contributed by atoms with van der Waals surface area (Å²) in [6, 6.07) is 5.50. The topological polar surface area (TPSA) is 60.5 Å². The van der Waals surface area contributed by atoms with E-state index in [1.54, 1.807) is 26.4 Å². The SMILES string of the molecule is COc1cc(Cl)cc2c1C/C=C\CCCc1cc(C)nc(OC)c1CNC2=O. The number of fused-ring (bicyclic) bond motifs is 2. The molecule has 0 atom stereocenters. The highest BCUT2D eigenvalue weighted by Crippen LogP contribution is 2.29. The van der Waals surface area contributed by atoms with Gasteiger partial charge in [-0.1, -0.05) is 23.8 Å². The van der Waals surface area contributed by atoms with Crippen molar-refractivity contribution >= 4 is 17.5 Å². The van der Waals surface area contributed by atoms with Crippen LogP contribution in [0.5, 0.6) is 11.6 Å². The van der Waals surface area contributed by atoms with Gasteiger partial charge in [0.25, 0.3) is 5.91 Å². The second-order valence-electron chi connectivity index (χ2n) is 6.80. The van der Waals surface area contributed by atoms with Gasteiger partial charge in [-0.2, -0.15) is 0 Å². The highest BCUT2D eigenvalue weighted by atomic mass is 35.5. The molecule has 0 saturated heterocycles. The molecule has 6 heteroatoms. The Morgan fingerprint density at radius 2 is 1.93 bits per heavy atom. The first-order valence-electron chi connectivity index (χ1n) is 9.36. The van der Waals surface area contributed by atoms with Crippen LogP contribution in [0.15, 0.2) is 30.4 Å². The third kappa shape index (κ3) is 4.47. The van der Waals surface area contributed by atoms with Crippen molar-refractivity contribution in [1.29, 1.82) is 0 Å². The summed E-state index contributed by atoms with van der Waals surface area (Å²) in [7, 11) is 3.19. The lowest BCUT2D eigenvalue weighted by molar-refractivity contribution is 0.0949. The Labute approximate surface area is 170 Å². The Hall–Kier alpha value is -2.53. The standard InChI is InChI=1S/C22H25ClN2O3/c1-14-10-15-8-6-4-5-7-9-17-18(11-16(23)12-20(17)27-2)21(26)24-13-19(15)22(25-14)28-3/h5,7,10-12H,4,6,8-9,13H2,1-3H3,(H,24,26)/b7-5-. The van der Waals surface area contributed by atoms with Gasteiger partial charge < -0.3 is 14.8 Å². The summed E-state index contributed by atoms with van der Waals surface area (Å²) < 4.78 is 11.0. The summed E-state index contributed by atoms with van der Waals surface area (Å²) in [5, 5.41) is 3.48. The van der Waals surface area contributed by atoms with Crippen molar-refractivity contribution in [3.8, 4) is 11.6 Å². The Kier molecular flexibility index (Phi) is 6.57. The van der Waals surface area contributed by atoms with E-state index >= 15 is 0 Å². The van der Waals surface area contributed by atoms with E-state index in [1.165, 1.54) is 0 Å². The Bertz CT molecular complexity index is 909. The van der Waals surface area contributed by atoms with E-state index in [4.69, 9.17) is 21.1 Å². The van der Waals surface area contributed by atoms with Crippen LogP contribution in [0.3, 0.4) is 0 Å². The number of benzene rings is 1. The highest BCUT2D eigenvalue weighted by Gasteiger charge is 2.19. The van der Waals surface area contributed by atoms with Gasteiger partial charge in [-0.15, -0.1) is 0 Å². The zero-order chi connectivity index (χ0) is 20.1. The minimum Gasteiger partial charge on any atom is -0.496 e. The predicted molar refractivity (Wildman–Crippen MR) is 110 cm³/mol. The van der Waals surface area contributed by atoms with Crippen LogP contribution in [0.2, 0.25) is 5.02 Å². The van der Waals surface area contributed by atoms with Crippen molar-refractivity contribution in [3.05, 3.63) is 63.3 Å². The van der Waals surface area contributed by atoms with Crippen LogP contribution >= 0.6 is 11.6 Å². The lowest BCUT2D eigenvalue weighted by Gasteiger charge is -2.16. The molecule has 148 valence electrons. The van der Waals surface area contributed by atoms with Crippen LogP contribution < -0.4 is 14.8 Å². The largest absolute Gasteiger partial charge is 0.496 e. The minimum atomic E-state index is -0.197. The van der Waals surface area contributed by atoms with E-state index in [2.05, 4.69) is 28.5 Å². The molecule has 1 aromatic carbocycles. The normalized spacial score (nSPS) is 15.8. The number of ether oxygens (including phenoxy) is 2. The van der Waals surface area contributed by atoms with Crippen molar-refractivity contribution in [2.75, 3.05) is 14.2 Å². The quantitative estimate of drug-likeness (QED) is 0.758. The molecular formula is C22H25ClN2O3. The van der Waals surface area contributed by atoms with Crippen molar-refractivity contribution in [1.82, 2.24) is 10.3 Å². The summed E-state index contributed by atoms with van der Waals surface area (Å²) >= 11 is 6.22. The van der Waals surface area contributed by atoms with Crippen LogP contribution in [0.25, 0.3) is 0 Å². The van der Waals surface area contributed by atoms with Crippen molar-refractivity contribution < 1.29 is 14.3 Å². The second-order valence-corrected chi connectivity index (χ2v) is 7.23. The number of aromatic nitrogens is 1. The third-order valence-electron chi connectivity index (χ3n) is 4.87. The molecule has 5 nitrogen and oxygen atoms in total. The maximum atomic E-state index is 13.0. The number of amides is 1. The van der Waals surface area contributed by atoms with Gasteiger partial charge in [-0.05, 0) is 56.4 Å². The number of carbonyl (C=O) groups is 1. The first-order valence-corrected chi connectivity index (χ1v) is 9.74. The highest BCUT2D eigenvalue weighted by molar-refractivity contribution is 6.31. The van der Waals surface area contributed by atoms with Crippen molar-refractivity contribution in [3.63, 3.8) is 0 Å². The molecule has 1 aliphatic heterocycles. The average molecular weight is 401 g/mol. The summed E-state index contributed by atoms with van der Waals surface area (Å²) in [5.74, 6) is 0.981. The minimum absolute atomic E-state index is 0.197. The van der Waals surface area contributed by atoms with E-state index in [0.29, 0.717) is 35.2 Å². The van der Waals surface area contributed by atoms with Crippen LogP contribution in [-0.2, 0) is 19.4 Å². The molecule has 0 saturated carbocycles. The fourth-order valence-electron chi connectivity index (χ4n) is 3.52. The van der Waals surface area contributed by atoms with Crippen LogP contribution in [0.4, 0.5) is 0 Å². The molecule has 0 bridgehead atoms. The number of methoxy groups -OCH3 is 2. The fourth-order valence-corrected chi connectivity index (χ4v) is 3.73. The van der Waals surface area contributed by atoms with Gasteiger partial charge in [-0.3, -0.25) is 4.79 Å². The molecule has 2 heterocycles. The van der Waals surface area contributed by atoms with E-state index in [0.717, 1.165) is 41.6 Å². The maximum Gasteiger partial charge on any atom is 0.252 e. The maximum absolute atomic E-state index is 13.0. The Morgan fingerprint density at radius 3 is 2.68 bits per heavy atom. The summed E-state index contributed by atoms with van der Waals surface area (Å²) in [5.41, 5.74) is 4.33. The van der Waals surface area contributed by atoms with Crippen LogP contribution in [0, 0.1) is 6.92 Å². The summed E-state index contributed by atoms with van der Waals surface area (Å²) in [6.45, 7) is 2.29. The lowest BCUT2D eigenvalue weighted by Crippen LogP contribution is -2.25. The van der Waals surface area contributed by atoms with Gasteiger partial charge in [0.2, 0.25) is 5.88 Å². The van der Waals surface area contributed by atoms with Crippen LogP contribution in [0.1, 0.15) is 45.6 Å². The van der Waals surface area contributed by atoms with E-state index < -0.39 is 0 Å². The van der Waals surface area contributed by atoms with Crippen LogP contribution in [-0.4, -0.2) is 25.1 Å². The van der Waals surface area contributed by atoms with E-state index in [1.807, 2.05) is 6.92 Å². The number of carbonyl (C=O) groups excluding carboxylic acids is 1. The summed E-state index contributed by atoms with van der Waals surface area (Å²) in [6.07, 6.45) is 7.71. The molecule has 1 amide bonds. The molecule has 28 heavy (non-hydrogen) atoms. The summed E-state index contributed by atoms with van der Waals surface area (Å²) in [4.78, 5) is 17.5. The number of hydrogen-bond acceptors (Lipinski definition) is 4. The number of nitrogens with zero attached hydrogens (tertiary/aromatic N) is 1. The Balaban J connectivity index is 2.04. The number of allylic oxidation sites excluding steroid dienone is 2. The van der Waals surface area contributed by atoms with Gasteiger partial charge in [-0.25, -0.2) is 4.98 Å². The molecule has 0 fully saturated rings. The molecule has 3 rings (SSSR count). The zero-order valence-corrected chi connectivity index (χ0v) is 17.2. The van der Waals surface area contributed by atoms with Gasteiger partial charge in [0, 0.05) is 34.0 Å². The molecule has 2 aromatic rings. The first kappa shape index (κ1) is 20.2. The first-order chi connectivity index (χ1) is 13.5. The number of hydrogen-bond donors (Lipinski definition) is 1. The average Bonchev–Trinajstić information content (AvgIpc) is 2.69. The molecule has 1 aliphatic rings. The zero-order valence-electron chi connectivity index (χ0n) is 16.5. The smallest absolute Gasteiger partial charge is 0.252 e. The fraction of sp³-hybridized carbons (Fsp3) is 0.364. The molecule has 0 spiro atoms.